The molecule has 0 saturated carbocycles. The van der Waals surface area contributed by atoms with Crippen LogP contribution in [0.5, 0.6) is 0 Å². The number of hydrogen-bond donors (Lipinski definition) is 0. The van der Waals surface area contributed by atoms with Crippen LogP contribution in [0.25, 0.3) is 21.7 Å². The van der Waals surface area contributed by atoms with Gasteiger partial charge in [-0.3, -0.25) is 4.79 Å². The highest BCUT2D eigenvalue weighted by Gasteiger charge is 2.18. The number of amides is 1. The van der Waals surface area contributed by atoms with Gasteiger partial charge in [-0.2, -0.15) is 0 Å². The van der Waals surface area contributed by atoms with Crippen molar-refractivity contribution in [1.82, 2.24) is 9.55 Å². The van der Waals surface area contributed by atoms with Crippen LogP contribution >= 0.6 is 11.3 Å². The minimum atomic E-state index is 0.0205. The Kier molecular flexibility index (Phi) is 4.07. The van der Waals surface area contributed by atoms with Gasteiger partial charge in [0.25, 0.3) is 0 Å². The van der Waals surface area contributed by atoms with Crippen molar-refractivity contribution >= 4 is 34.0 Å². The summed E-state index contributed by atoms with van der Waals surface area (Å²) in [5, 5.41) is 2.02. The van der Waals surface area contributed by atoms with Crippen molar-refractivity contribution in [2.45, 2.75) is 6.54 Å². The lowest BCUT2D eigenvalue weighted by Gasteiger charge is -2.18. The standard InChI is InChI=1S/C20H17N3OS/c1-22(15-8-3-2-4-9-15)19(24)14-23-17-11-6-5-10-16(17)21-20(23)18-12-7-13-25-18/h2-13H,14H2,1H3. The Morgan fingerprint density at radius 2 is 1.80 bits per heavy atom. The average molecular weight is 347 g/mol. The molecule has 4 rings (SSSR count). The second kappa shape index (κ2) is 6.53. The number of aromatic nitrogens is 2. The zero-order chi connectivity index (χ0) is 17.2. The van der Waals surface area contributed by atoms with Crippen molar-refractivity contribution in [2.24, 2.45) is 0 Å². The molecule has 0 aliphatic carbocycles. The van der Waals surface area contributed by atoms with Gasteiger partial charge in [-0.1, -0.05) is 36.4 Å². The quantitative estimate of drug-likeness (QED) is 0.548. The number of benzene rings is 2. The van der Waals surface area contributed by atoms with Crippen LogP contribution in [0.4, 0.5) is 5.69 Å². The summed E-state index contributed by atoms with van der Waals surface area (Å²) >= 11 is 1.63. The van der Waals surface area contributed by atoms with E-state index in [0.717, 1.165) is 27.4 Å². The Bertz CT molecular complexity index is 1010. The van der Waals surface area contributed by atoms with E-state index in [9.17, 15) is 4.79 Å². The van der Waals surface area contributed by atoms with Gasteiger partial charge in [0.1, 0.15) is 6.54 Å². The molecule has 0 fully saturated rings. The minimum Gasteiger partial charge on any atom is -0.314 e. The van der Waals surface area contributed by atoms with Crippen LogP contribution in [0.2, 0.25) is 0 Å². The first-order valence-corrected chi connectivity index (χ1v) is 8.93. The lowest BCUT2D eigenvalue weighted by Crippen LogP contribution is -2.30. The molecule has 0 atom stereocenters. The molecule has 2 aromatic heterocycles. The first kappa shape index (κ1) is 15.6. The van der Waals surface area contributed by atoms with Crippen molar-refractivity contribution in [3.8, 4) is 10.7 Å². The number of likely N-dealkylation sites (N-methyl/N-ethyl adjacent to an activating group) is 1. The zero-order valence-electron chi connectivity index (χ0n) is 13.8. The van der Waals surface area contributed by atoms with Crippen molar-refractivity contribution in [1.29, 1.82) is 0 Å². The van der Waals surface area contributed by atoms with Gasteiger partial charge in [0.05, 0.1) is 15.9 Å². The predicted octanol–water partition coefficient (Wildman–Crippen LogP) is 4.43. The van der Waals surface area contributed by atoms with Gasteiger partial charge in [0.2, 0.25) is 5.91 Å². The molecular weight excluding hydrogens is 330 g/mol. The normalized spacial score (nSPS) is 10.9. The van der Waals surface area contributed by atoms with E-state index in [1.165, 1.54) is 0 Å². The molecule has 25 heavy (non-hydrogen) atoms. The number of rotatable bonds is 4. The van der Waals surface area contributed by atoms with Crippen LogP contribution in [0.3, 0.4) is 0 Å². The molecule has 0 spiro atoms. The Morgan fingerprint density at radius 1 is 1.04 bits per heavy atom. The lowest BCUT2D eigenvalue weighted by atomic mass is 10.3. The Hall–Kier alpha value is -2.92. The van der Waals surface area contributed by atoms with Gasteiger partial charge in [-0.15, -0.1) is 11.3 Å². The summed E-state index contributed by atoms with van der Waals surface area (Å²) in [6, 6.07) is 21.7. The lowest BCUT2D eigenvalue weighted by molar-refractivity contribution is -0.118. The van der Waals surface area contributed by atoms with Gasteiger partial charge in [0, 0.05) is 12.7 Å². The number of anilines is 1. The molecule has 0 unspecified atom stereocenters. The summed E-state index contributed by atoms with van der Waals surface area (Å²) in [4.78, 5) is 20.3. The highest BCUT2D eigenvalue weighted by atomic mass is 32.1. The molecule has 4 nitrogen and oxygen atoms in total. The predicted molar refractivity (Wildman–Crippen MR) is 103 cm³/mol. The van der Waals surface area contributed by atoms with Crippen molar-refractivity contribution < 1.29 is 4.79 Å². The van der Waals surface area contributed by atoms with E-state index in [0.29, 0.717) is 0 Å². The molecule has 0 bridgehead atoms. The van der Waals surface area contributed by atoms with E-state index < -0.39 is 0 Å². The third-order valence-corrected chi connectivity index (χ3v) is 5.07. The number of imidazole rings is 1. The average Bonchev–Trinajstić information content (AvgIpc) is 3.30. The molecule has 0 aliphatic heterocycles. The summed E-state index contributed by atoms with van der Waals surface area (Å²) in [6.45, 7) is 0.249. The molecule has 2 aromatic carbocycles. The maximum absolute atomic E-state index is 12.9. The fraction of sp³-hybridized carbons (Fsp3) is 0.100. The molecule has 0 radical (unpaired) electrons. The highest BCUT2D eigenvalue weighted by molar-refractivity contribution is 7.13. The van der Waals surface area contributed by atoms with Gasteiger partial charge in [-0.25, -0.2) is 4.98 Å². The van der Waals surface area contributed by atoms with Crippen LogP contribution < -0.4 is 4.90 Å². The molecule has 4 aromatic rings. The number of carbonyl (C=O) groups excluding carboxylic acids is 1. The zero-order valence-corrected chi connectivity index (χ0v) is 14.6. The first-order chi connectivity index (χ1) is 12.2. The maximum atomic E-state index is 12.9. The largest absolute Gasteiger partial charge is 0.314 e. The van der Waals surface area contributed by atoms with Gasteiger partial charge >= 0.3 is 0 Å². The number of hydrogen-bond acceptors (Lipinski definition) is 3. The van der Waals surface area contributed by atoms with E-state index in [4.69, 9.17) is 4.98 Å². The molecule has 0 N–H and O–H groups in total. The maximum Gasteiger partial charge on any atom is 0.246 e. The molecular formula is C20H17N3OS. The summed E-state index contributed by atoms with van der Waals surface area (Å²) in [5.74, 6) is 0.859. The fourth-order valence-corrected chi connectivity index (χ4v) is 3.59. The van der Waals surface area contributed by atoms with Crippen molar-refractivity contribution in [3.63, 3.8) is 0 Å². The van der Waals surface area contributed by atoms with Gasteiger partial charge in [-0.05, 0) is 35.7 Å². The van der Waals surface area contributed by atoms with E-state index in [-0.39, 0.29) is 12.5 Å². The molecule has 5 heteroatoms. The second-order valence-corrected chi connectivity index (χ2v) is 6.72. The van der Waals surface area contributed by atoms with Crippen molar-refractivity contribution in [3.05, 3.63) is 72.1 Å². The number of fused-ring (bicyclic) bond motifs is 1. The van der Waals surface area contributed by atoms with E-state index in [2.05, 4.69) is 0 Å². The van der Waals surface area contributed by atoms with Gasteiger partial charge in [0.15, 0.2) is 5.82 Å². The Labute approximate surface area is 150 Å². The number of carbonyl (C=O) groups is 1. The third-order valence-electron chi connectivity index (χ3n) is 4.21. The van der Waals surface area contributed by atoms with Crippen LogP contribution in [0.1, 0.15) is 0 Å². The monoisotopic (exact) mass is 347 g/mol. The molecule has 0 saturated heterocycles. The smallest absolute Gasteiger partial charge is 0.246 e. The summed E-state index contributed by atoms with van der Waals surface area (Å²) in [7, 11) is 1.81. The van der Waals surface area contributed by atoms with E-state index in [1.54, 1.807) is 16.2 Å². The van der Waals surface area contributed by atoms with Crippen LogP contribution in [-0.2, 0) is 11.3 Å². The van der Waals surface area contributed by atoms with Crippen LogP contribution in [0.15, 0.2) is 72.1 Å². The SMILES string of the molecule is CN(C(=O)Cn1c(-c2cccs2)nc2ccccc21)c1ccccc1. The number of nitrogens with zero attached hydrogens (tertiary/aromatic N) is 3. The third kappa shape index (κ3) is 2.94. The van der Waals surface area contributed by atoms with E-state index >= 15 is 0 Å². The summed E-state index contributed by atoms with van der Waals surface area (Å²) in [6.07, 6.45) is 0. The first-order valence-electron chi connectivity index (χ1n) is 8.05. The van der Waals surface area contributed by atoms with Gasteiger partial charge < -0.3 is 9.47 Å². The summed E-state index contributed by atoms with van der Waals surface area (Å²) in [5.41, 5.74) is 2.76. The van der Waals surface area contributed by atoms with Crippen LogP contribution in [-0.4, -0.2) is 22.5 Å². The minimum absolute atomic E-state index is 0.0205. The topological polar surface area (TPSA) is 38.1 Å². The number of thiophene rings is 1. The molecule has 1 amide bonds. The molecule has 124 valence electrons. The highest BCUT2D eigenvalue weighted by Crippen LogP contribution is 2.28. The molecule has 2 heterocycles. The van der Waals surface area contributed by atoms with Crippen LogP contribution in [0, 0.1) is 0 Å². The second-order valence-electron chi connectivity index (χ2n) is 5.78. The van der Waals surface area contributed by atoms with E-state index in [1.807, 2.05) is 83.7 Å². The number of para-hydroxylation sites is 3. The summed E-state index contributed by atoms with van der Waals surface area (Å²) < 4.78 is 2.00. The Morgan fingerprint density at radius 3 is 2.56 bits per heavy atom. The molecule has 0 aliphatic rings. The van der Waals surface area contributed by atoms with Crippen molar-refractivity contribution in [2.75, 3.05) is 11.9 Å². The Balaban J connectivity index is 1.73. The fourth-order valence-electron chi connectivity index (χ4n) is 2.87.